The summed E-state index contributed by atoms with van der Waals surface area (Å²) in [6.45, 7) is 0. The van der Waals surface area contributed by atoms with Gasteiger partial charge in [-0.1, -0.05) is 23.2 Å². The summed E-state index contributed by atoms with van der Waals surface area (Å²) in [7, 11) is 1.47. The van der Waals surface area contributed by atoms with Crippen molar-refractivity contribution >= 4 is 62.7 Å². The zero-order valence-corrected chi connectivity index (χ0v) is 16.3. The maximum absolute atomic E-state index is 13.0. The Kier molecular flexibility index (Phi) is 4.77. The largest absolute Gasteiger partial charge is 0.493 e. The minimum Gasteiger partial charge on any atom is -0.493 e. The minimum absolute atomic E-state index is 0.0644. The summed E-state index contributed by atoms with van der Waals surface area (Å²) in [5, 5.41) is 13.2. The molecule has 2 heterocycles. The van der Waals surface area contributed by atoms with E-state index < -0.39 is 11.9 Å². The number of pyridine rings is 1. The van der Waals surface area contributed by atoms with Crippen LogP contribution in [-0.2, 0) is 0 Å². The molecule has 29 heavy (non-hydrogen) atoms. The fourth-order valence-electron chi connectivity index (χ4n) is 3.05. The number of anilines is 1. The average molecular weight is 431 g/mol. The molecule has 9 heteroatoms. The van der Waals surface area contributed by atoms with Gasteiger partial charge in [-0.3, -0.25) is 9.78 Å². The number of hydrogen-bond acceptors (Lipinski definition) is 5. The third-order valence-electron chi connectivity index (χ3n) is 4.39. The maximum Gasteiger partial charge on any atom is 0.335 e. The molecule has 0 unspecified atom stereocenters. The van der Waals surface area contributed by atoms with E-state index in [1.807, 2.05) is 0 Å². The Morgan fingerprint density at radius 1 is 1.14 bits per heavy atom. The molecule has 0 radical (unpaired) electrons. The Labute approximate surface area is 173 Å². The molecule has 0 spiro atoms. The minimum atomic E-state index is -1.09. The summed E-state index contributed by atoms with van der Waals surface area (Å²) < 4.78 is 11.2. The molecule has 2 N–H and O–H groups in total. The van der Waals surface area contributed by atoms with Gasteiger partial charge in [-0.25, -0.2) is 4.79 Å². The van der Waals surface area contributed by atoms with Crippen LogP contribution in [0.15, 0.2) is 47.1 Å². The second kappa shape index (κ2) is 7.27. The quantitative estimate of drug-likeness (QED) is 0.458. The lowest BCUT2D eigenvalue weighted by Gasteiger charge is -2.10. The predicted octanol–water partition coefficient (Wildman–Crippen LogP) is 5.25. The molecular weight excluding hydrogens is 419 g/mol. The molecule has 4 rings (SSSR count). The zero-order chi connectivity index (χ0) is 20.7. The van der Waals surface area contributed by atoms with Gasteiger partial charge in [0.1, 0.15) is 5.58 Å². The zero-order valence-electron chi connectivity index (χ0n) is 14.8. The second-order valence-corrected chi connectivity index (χ2v) is 6.88. The topological polar surface area (TPSA) is 102 Å². The highest BCUT2D eigenvalue weighted by atomic mass is 35.5. The Morgan fingerprint density at radius 3 is 2.52 bits per heavy atom. The summed E-state index contributed by atoms with van der Waals surface area (Å²) in [5.74, 6) is -1.19. The van der Waals surface area contributed by atoms with E-state index in [4.69, 9.17) is 32.4 Å². The fourth-order valence-corrected chi connectivity index (χ4v) is 3.51. The Balaban J connectivity index is 1.94. The summed E-state index contributed by atoms with van der Waals surface area (Å²) in [6, 6.07) is 7.56. The Hall–Kier alpha value is -3.29. The van der Waals surface area contributed by atoms with Crippen molar-refractivity contribution < 1.29 is 23.8 Å². The number of methoxy groups -OCH3 is 1. The first kappa shape index (κ1) is 19.0. The number of benzene rings is 2. The molecule has 7 nitrogen and oxygen atoms in total. The number of amides is 1. The van der Waals surface area contributed by atoms with E-state index in [1.165, 1.54) is 37.7 Å². The van der Waals surface area contributed by atoms with Gasteiger partial charge < -0.3 is 19.6 Å². The number of carboxylic acids is 1. The van der Waals surface area contributed by atoms with Crippen LogP contribution in [0.1, 0.15) is 20.7 Å². The first-order valence-corrected chi connectivity index (χ1v) is 9.03. The number of halogens is 2. The van der Waals surface area contributed by atoms with Crippen molar-refractivity contribution in [1.29, 1.82) is 0 Å². The standard InChI is InChI=1S/C20H12Cl2N2O5/c1-28-15-5-3-10(19(25)24-17-12(21)7-23-8-13(17)22)16-11-6-9(20(26)27)2-4-14(11)29-18(15)16/h2-8H,1H3,(H,26,27)(H,23,24,25). The first-order chi connectivity index (χ1) is 13.9. The van der Waals surface area contributed by atoms with Gasteiger partial charge in [0.25, 0.3) is 5.91 Å². The van der Waals surface area contributed by atoms with E-state index in [9.17, 15) is 14.7 Å². The molecule has 0 aliphatic heterocycles. The van der Waals surface area contributed by atoms with E-state index in [0.717, 1.165) is 0 Å². The number of aromatic nitrogens is 1. The van der Waals surface area contributed by atoms with Gasteiger partial charge in [0.2, 0.25) is 0 Å². The number of furan rings is 1. The van der Waals surface area contributed by atoms with Crippen molar-refractivity contribution in [2.24, 2.45) is 0 Å². The van der Waals surface area contributed by atoms with Crippen LogP contribution in [0.2, 0.25) is 10.0 Å². The molecule has 0 fully saturated rings. The van der Waals surface area contributed by atoms with E-state index in [-0.39, 0.29) is 26.9 Å². The van der Waals surface area contributed by atoms with Crippen LogP contribution in [0.4, 0.5) is 5.69 Å². The van der Waals surface area contributed by atoms with E-state index in [1.54, 1.807) is 12.1 Å². The van der Waals surface area contributed by atoms with Gasteiger partial charge in [-0.15, -0.1) is 0 Å². The molecule has 0 saturated heterocycles. The van der Waals surface area contributed by atoms with Crippen molar-refractivity contribution in [3.05, 3.63) is 63.9 Å². The number of fused-ring (bicyclic) bond motifs is 3. The molecule has 1 amide bonds. The fraction of sp³-hybridized carbons (Fsp3) is 0.0500. The number of aromatic carboxylic acids is 1. The second-order valence-electron chi connectivity index (χ2n) is 6.07. The van der Waals surface area contributed by atoms with Crippen LogP contribution in [0.5, 0.6) is 5.75 Å². The number of ether oxygens (including phenoxy) is 1. The Morgan fingerprint density at radius 2 is 1.86 bits per heavy atom. The number of rotatable bonds is 4. The lowest BCUT2D eigenvalue weighted by Crippen LogP contribution is -2.13. The number of hydrogen-bond donors (Lipinski definition) is 2. The van der Waals surface area contributed by atoms with Crippen LogP contribution in [0.25, 0.3) is 21.9 Å². The van der Waals surface area contributed by atoms with Crippen LogP contribution in [-0.4, -0.2) is 29.1 Å². The highest BCUT2D eigenvalue weighted by Gasteiger charge is 2.22. The van der Waals surface area contributed by atoms with Gasteiger partial charge in [0.15, 0.2) is 11.3 Å². The van der Waals surface area contributed by atoms with Crippen molar-refractivity contribution in [3.8, 4) is 5.75 Å². The van der Waals surface area contributed by atoms with Crippen LogP contribution < -0.4 is 10.1 Å². The number of nitrogens with zero attached hydrogens (tertiary/aromatic N) is 1. The third kappa shape index (κ3) is 3.24. The van der Waals surface area contributed by atoms with Crippen molar-refractivity contribution in [2.75, 3.05) is 12.4 Å². The predicted molar refractivity (Wildman–Crippen MR) is 109 cm³/mol. The smallest absolute Gasteiger partial charge is 0.335 e. The molecular formula is C20H12Cl2N2O5. The van der Waals surface area contributed by atoms with Crippen LogP contribution >= 0.6 is 23.2 Å². The van der Waals surface area contributed by atoms with Gasteiger partial charge in [0.05, 0.1) is 34.0 Å². The molecule has 0 bridgehead atoms. The molecule has 0 aliphatic carbocycles. The Bertz CT molecular complexity index is 1280. The molecule has 2 aromatic heterocycles. The number of carboxylic acid groups (broad SMARTS) is 1. The normalized spacial score (nSPS) is 11.0. The SMILES string of the molecule is COc1ccc(C(=O)Nc2c(Cl)cncc2Cl)c2c1oc1ccc(C(=O)O)cc12. The molecule has 2 aromatic carbocycles. The molecule has 0 aliphatic rings. The van der Waals surface area contributed by atoms with E-state index in [0.29, 0.717) is 27.7 Å². The lowest BCUT2D eigenvalue weighted by molar-refractivity contribution is 0.0697. The van der Waals surface area contributed by atoms with Crippen molar-refractivity contribution in [2.45, 2.75) is 0 Å². The number of carbonyl (C=O) groups is 2. The number of carbonyl (C=O) groups excluding carboxylic acids is 1. The molecule has 4 aromatic rings. The maximum atomic E-state index is 13.0. The highest BCUT2D eigenvalue weighted by molar-refractivity contribution is 6.40. The van der Waals surface area contributed by atoms with Gasteiger partial charge in [-0.05, 0) is 30.3 Å². The first-order valence-electron chi connectivity index (χ1n) is 8.27. The third-order valence-corrected chi connectivity index (χ3v) is 4.96. The van der Waals surface area contributed by atoms with Gasteiger partial charge in [-0.2, -0.15) is 0 Å². The monoisotopic (exact) mass is 430 g/mol. The summed E-state index contributed by atoms with van der Waals surface area (Å²) >= 11 is 12.2. The summed E-state index contributed by atoms with van der Waals surface area (Å²) in [5.41, 5.74) is 1.27. The van der Waals surface area contributed by atoms with Gasteiger partial charge >= 0.3 is 5.97 Å². The van der Waals surface area contributed by atoms with Crippen molar-refractivity contribution in [1.82, 2.24) is 4.98 Å². The summed E-state index contributed by atoms with van der Waals surface area (Å²) in [6.07, 6.45) is 2.72. The van der Waals surface area contributed by atoms with Gasteiger partial charge in [0, 0.05) is 23.2 Å². The lowest BCUT2D eigenvalue weighted by atomic mass is 10.0. The van der Waals surface area contributed by atoms with E-state index >= 15 is 0 Å². The molecule has 0 atom stereocenters. The number of nitrogens with one attached hydrogen (secondary N) is 1. The molecule has 0 saturated carbocycles. The van der Waals surface area contributed by atoms with E-state index in [2.05, 4.69) is 10.3 Å². The van der Waals surface area contributed by atoms with Crippen LogP contribution in [0.3, 0.4) is 0 Å². The highest BCUT2D eigenvalue weighted by Crippen LogP contribution is 2.38. The average Bonchev–Trinajstić information content (AvgIpc) is 3.08. The summed E-state index contributed by atoms with van der Waals surface area (Å²) in [4.78, 5) is 28.3. The molecule has 146 valence electrons. The van der Waals surface area contributed by atoms with Crippen LogP contribution in [0, 0.1) is 0 Å². The van der Waals surface area contributed by atoms with Crippen molar-refractivity contribution in [3.63, 3.8) is 0 Å².